The van der Waals surface area contributed by atoms with Gasteiger partial charge in [0.1, 0.15) is 6.04 Å². The standard InChI is InChI=1S/C11H17NO4/c13-8-5-9(11(15)16)12(6-8)10(14)7-3-1-2-4-7/h7-9,13H,1-6H2,(H,15,16)/t8?,9-/m0/s1. The van der Waals surface area contributed by atoms with Crippen molar-refractivity contribution in [1.29, 1.82) is 0 Å². The second kappa shape index (κ2) is 4.41. The summed E-state index contributed by atoms with van der Waals surface area (Å²) in [5.74, 6) is -1.11. The molecule has 1 heterocycles. The topological polar surface area (TPSA) is 77.8 Å². The molecule has 5 nitrogen and oxygen atoms in total. The highest BCUT2D eigenvalue weighted by Crippen LogP contribution is 2.29. The lowest BCUT2D eigenvalue weighted by atomic mass is 10.1. The van der Waals surface area contributed by atoms with Gasteiger partial charge in [-0.15, -0.1) is 0 Å². The number of aliphatic carboxylic acids is 1. The normalized spacial score (nSPS) is 30.9. The average molecular weight is 227 g/mol. The van der Waals surface area contributed by atoms with Gasteiger partial charge in [-0.25, -0.2) is 4.79 Å². The van der Waals surface area contributed by atoms with Crippen molar-refractivity contribution in [3.8, 4) is 0 Å². The molecule has 1 unspecified atom stereocenters. The van der Waals surface area contributed by atoms with E-state index in [2.05, 4.69) is 0 Å². The van der Waals surface area contributed by atoms with Crippen LogP contribution >= 0.6 is 0 Å². The molecule has 0 aromatic carbocycles. The summed E-state index contributed by atoms with van der Waals surface area (Å²) in [7, 11) is 0. The van der Waals surface area contributed by atoms with Crippen molar-refractivity contribution in [2.45, 2.75) is 44.2 Å². The summed E-state index contributed by atoms with van der Waals surface area (Å²) >= 11 is 0. The molecular formula is C11H17NO4. The molecular weight excluding hydrogens is 210 g/mol. The minimum Gasteiger partial charge on any atom is -0.480 e. The molecule has 2 atom stereocenters. The molecule has 1 aliphatic carbocycles. The van der Waals surface area contributed by atoms with Crippen LogP contribution in [0, 0.1) is 5.92 Å². The van der Waals surface area contributed by atoms with Gasteiger partial charge >= 0.3 is 5.97 Å². The molecule has 0 radical (unpaired) electrons. The Balaban J connectivity index is 2.06. The quantitative estimate of drug-likeness (QED) is 0.707. The maximum absolute atomic E-state index is 12.1. The number of carboxylic acids is 1. The van der Waals surface area contributed by atoms with E-state index in [9.17, 15) is 14.7 Å². The molecule has 2 aliphatic rings. The van der Waals surface area contributed by atoms with Crippen molar-refractivity contribution < 1.29 is 19.8 Å². The number of amides is 1. The highest BCUT2D eigenvalue weighted by Gasteiger charge is 2.41. The van der Waals surface area contributed by atoms with E-state index in [4.69, 9.17) is 5.11 Å². The van der Waals surface area contributed by atoms with E-state index in [0.717, 1.165) is 25.7 Å². The number of likely N-dealkylation sites (tertiary alicyclic amines) is 1. The molecule has 0 spiro atoms. The third-order valence-electron chi connectivity index (χ3n) is 3.55. The first-order chi connectivity index (χ1) is 7.59. The van der Waals surface area contributed by atoms with Crippen molar-refractivity contribution in [2.24, 2.45) is 5.92 Å². The Hall–Kier alpha value is -1.10. The zero-order valence-corrected chi connectivity index (χ0v) is 9.13. The summed E-state index contributed by atoms with van der Waals surface area (Å²) in [5, 5.41) is 18.4. The van der Waals surface area contributed by atoms with Crippen LogP contribution < -0.4 is 0 Å². The molecule has 0 bridgehead atoms. The van der Waals surface area contributed by atoms with Crippen LogP contribution in [0.3, 0.4) is 0 Å². The lowest BCUT2D eigenvalue weighted by Gasteiger charge is -2.24. The summed E-state index contributed by atoms with van der Waals surface area (Å²) in [6.45, 7) is 0.173. The van der Waals surface area contributed by atoms with E-state index in [1.54, 1.807) is 0 Å². The number of carbonyl (C=O) groups is 2. The monoisotopic (exact) mass is 227 g/mol. The van der Waals surface area contributed by atoms with Gasteiger partial charge in [-0.1, -0.05) is 12.8 Å². The fraction of sp³-hybridized carbons (Fsp3) is 0.818. The Labute approximate surface area is 94.0 Å². The molecule has 1 aliphatic heterocycles. The van der Waals surface area contributed by atoms with Crippen LogP contribution in [-0.4, -0.2) is 45.7 Å². The lowest BCUT2D eigenvalue weighted by Crippen LogP contribution is -2.43. The number of β-amino-alcohol motifs (C(OH)–C–C–N with tert-alkyl or cyclic N) is 1. The zero-order chi connectivity index (χ0) is 11.7. The van der Waals surface area contributed by atoms with Gasteiger partial charge < -0.3 is 15.1 Å². The summed E-state index contributed by atoms with van der Waals surface area (Å²) in [5.41, 5.74) is 0. The number of nitrogens with zero attached hydrogens (tertiary/aromatic N) is 1. The summed E-state index contributed by atoms with van der Waals surface area (Å²) in [6.07, 6.45) is 3.28. The highest BCUT2D eigenvalue weighted by molar-refractivity contribution is 5.86. The molecule has 0 aromatic heterocycles. The van der Waals surface area contributed by atoms with Crippen LogP contribution in [-0.2, 0) is 9.59 Å². The number of aliphatic hydroxyl groups excluding tert-OH is 1. The molecule has 1 saturated carbocycles. The molecule has 5 heteroatoms. The first kappa shape index (κ1) is 11.4. The average Bonchev–Trinajstić information content (AvgIpc) is 2.84. The predicted molar refractivity (Wildman–Crippen MR) is 55.7 cm³/mol. The smallest absolute Gasteiger partial charge is 0.326 e. The van der Waals surface area contributed by atoms with E-state index in [1.807, 2.05) is 0 Å². The number of rotatable bonds is 2. The predicted octanol–water partition coefficient (Wildman–Crippen LogP) is 0.223. The highest BCUT2D eigenvalue weighted by atomic mass is 16.4. The summed E-state index contributed by atoms with van der Waals surface area (Å²) in [4.78, 5) is 24.4. The van der Waals surface area contributed by atoms with Gasteiger partial charge in [0, 0.05) is 18.9 Å². The van der Waals surface area contributed by atoms with Crippen LogP contribution in [0.4, 0.5) is 0 Å². The Kier molecular flexibility index (Phi) is 3.14. The fourth-order valence-electron chi connectivity index (χ4n) is 2.70. The van der Waals surface area contributed by atoms with Gasteiger partial charge in [0.25, 0.3) is 0 Å². The van der Waals surface area contributed by atoms with Gasteiger partial charge in [-0.05, 0) is 12.8 Å². The number of aliphatic hydroxyl groups is 1. The van der Waals surface area contributed by atoms with Crippen molar-refractivity contribution in [3.63, 3.8) is 0 Å². The Bertz CT molecular complexity index is 298. The van der Waals surface area contributed by atoms with Gasteiger partial charge in [0.15, 0.2) is 0 Å². The van der Waals surface area contributed by atoms with E-state index in [-0.39, 0.29) is 24.8 Å². The minimum atomic E-state index is -1.01. The molecule has 90 valence electrons. The van der Waals surface area contributed by atoms with Crippen molar-refractivity contribution in [3.05, 3.63) is 0 Å². The third-order valence-corrected chi connectivity index (χ3v) is 3.55. The molecule has 2 fully saturated rings. The first-order valence-corrected chi connectivity index (χ1v) is 5.81. The Morgan fingerprint density at radius 3 is 2.38 bits per heavy atom. The largest absolute Gasteiger partial charge is 0.480 e. The van der Waals surface area contributed by atoms with E-state index in [0.29, 0.717) is 0 Å². The number of hydrogen-bond acceptors (Lipinski definition) is 3. The van der Waals surface area contributed by atoms with Crippen molar-refractivity contribution >= 4 is 11.9 Å². The van der Waals surface area contributed by atoms with Crippen LogP contribution in [0.5, 0.6) is 0 Å². The number of hydrogen-bond donors (Lipinski definition) is 2. The Morgan fingerprint density at radius 1 is 1.19 bits per heavy atom. The van der Waals surface area contributed by atoms with Crippen LogP contribution in [0.1, 0.15) is 32.1 Å². The summed E-state index contributed by atoms with van der Waals surface area (Å²) in [6, 6.07) is -0.830. The molecule has 16 heavy (non-hydrogen) atoms. The van der Waals surface area contributed by atoms with Crippen LogP contribution in [0.25, 0.3) is 0 Å². The Morgan fingerprint density at radius 2 is 1.81 bits per heavy atom. The molecule has 0 aromatic rings. The van der Waals surface area contributed by atoms with E-state index >= 15 is 0 Å². The van der Waals surface area contributed by atoms with Gasteiger partial charge in [-0.2, -0.15) is 0 Å². The van der Waals surface area contributed by atoms with Gasteiger partial charge in [0.05, 0.1) is 6.10 Å². The van der Waals surface area contributed by atoms with Crippen molar-refractivity contribution in [1.82, 2.24) is 4.90 Å². The zero-order valence-electron chi connectivity index (χ0n) is 9.13. The minimum absolute atomic E-state index is 0.0212. The van der Waals surface area contributed by atoms with Gasteiger partial charge in [-0.3, -0.25) is 4.79 Å². The second-order valence-corrected chi connectivity index (χ2v) is 4.72. The number of carboxylic acid groups (broad SMARTS) is 1. The fourth-order valence-corrected chi connectivity index (χ4v) is 2.70. The van der Waals surface area contributed by atoms with Crippen LogP contribution in [0.2, 0.25) is 0 Å². The lowest BCUT2D eigenvalue weighted by molar-refractivity contribution is -0.149. The molecule has 2 rings (SSSR count). The summed E-state index contributed by atoms with van der Waals surface area (Å²) < 4.78 is 0. The molecule has 1 saturated heterocycles. The van der Waals surface area contributed by atoms with E-state index in [1.165, 1.54) is 4.90 Å². The molecule has 2 N–H and O–H groups in total. The SMILES string of the molecule is O=C(O)[C@@H]1CC(O)CN1C(=O)C1CCCC1. The van der Waals surface area contributed by atoms with Crippen molar-refractivity contribution in [2.75, 3.05) is 6.54 Å². The second-order valence-electron chi connectivity index (χ2n) is 4.72. The third kappa shape index (κ3) is 2.04. The van der Waals surface area contributed by atoms with E-state index < -0.39 is 18.1 Å². The maximum atomic E-state index is 12.1. The molecule has 1 amide bonds. The maximum Gasteiger partial charge on any atom is 0.326 e. The first-order valence-electron chi connectivity index (χ1n) is 5.81. The number of carbonyl (C=O) groups excluding carboxylic acids is 1. The van der Waals surface area contributed by atoms with Crippen LogP contribution in [0.15, 0.2) is 0 Å². The van der Waals surface area contributed by atoms with Gasteiger partial charge in [0.2, 0.25) is 5.91 Å².